The maximum atomic E-state index is 13.0. The molecule has 160 valence electrons. The second-order valence-electron chi connectivity index (χ2n) is 7.12. The van der Waals surface area contributed by atoms with Crippen LogP contribution in [0, 0.1) is 18.8 Å². The molecule has 0 atom stereocenters. The van der Waals surface area contributed by atoms with Crippen LogP contribution in [0.5, 0.6) is 0 Å². The molecule has 0 aromatic heterocycles. The number of rotatable bonds is 2. The van der Waals surface area contributed by atoms with Gasteiger partial charge in [0.1, 0.15) is 0 Å². The Hall–Kier alpha value is -2.73. The van der Waals surface area contributed by atoms with Gasteiger partial charge in [-0.05, 0) is 68.9 Å². The molecule has 0 aliphatic carbocycles. The van der Waals surface area contributed by atoms with E-state index in [0.29, 0.717) is 12.1 Å². The summed E-state index contributed by atoms with van der Waals surface area (Å²) in [4.78, 5) is 0. The van der Waals surface area contributed by atoms with Crippen LogP contribution in [-0.4, -0.2) is 10.7 Å². The minimum Gasteiger partial charge on any atom is -0.347 e. The molecule has 0 radical (unpaired) electrons. The highest BCUT2D eigenvalue weighted by atomic mass is 32.1. The molecular weight excluding hydrogens is 426 g/mol. The van der Waals surface area contributed by atoms with E-state index in [9.17, 15) is 26.3 Å². The minimum absolute atomic E-state index is 0.0649. The molecule has 0 aliphatic rings. The zero-order valence-electron chi connectivity index (χ0n) is 16.2. The highest BCUT2D eigenvalue weighted by Gasteiger charge is 2.36. The van der Waals surface area contributed by atoms with E-state index in [1.54, 1.807) is 19.9 Å². The number of benzene rings is 2. The van der Waals surface area contributed by atoms with Gasteiger partial charge in [0.15, 0.2) is 5.11 Å². The van der Waals surface area contributed by atoms with Gasteiger partial charge in [0, 0.05) is 11.3 Å². The molecule has 9 heteroatoms. The lowest BCUT2D eigenvalue weighted by Gasteiger charge is -2.22. The first-order valence-corrected chi connectivity index (χ1v) is 9.05. The van der Waals surface area contributed by atoms with Crippen molar-refractivity contribution in [2.45, 2.75) is 38.7 Å². The van der Waals surface area contributed by atoms with Gasteiger partial charge in [-0.2, -0.15) is 26.3 Å². The van der Waals surface area contributed by atoms with Gasteiger partial charge in [-0.1, -0.05) is 24.0 Å². The Morgan fingerprint density at radius 3 is 1.97 bits per heavy atom. The summed E-state index contributed by atoms with van der Waals surface area (Å²) in [5, 5.41) is 6.04. The molecule has 0 amide bonds. The normalized spacial score (nSPS) is 12.0. The number of anilines is 1. The van der Waals surface area contributed by atoms with Gasteiger partial charge in [0.05, 0.1) is 16.7 Å². The summed E-state index contributed by atoms with van der Waals surface area (Å²) in [5.41, 5.74) is -2.52. The Labute approximate surface area is 175 Å². The summed E-state index contributed by atoms with van der Waals surface area (Å²) < 4.78 is 77.8. The SMILES string of the molecule is Cc1cccc(NC(=S)NC(C)(C)C#Cc2cc(C(F)(F)F)cc(C(F)(F)F)c2)c1. The molecule has 2 aromatic rings. The molecule has 2 N–H and O–H groups in total. The molecule has 2 rings (SSSR count). The number of thiocarbonyl (C=S) groups is 1. The van der Waals surface area contributed by atoms with Gasteiger partial charge in [-0.25, -0.2) is 0 Å². The lowest BCUT2D eigenvalue weighted by molar-refractivity contribution is -0.143. The van der Waals surface area contributed by atoms with Crippen LogP contribution in [0.3, 0.4) is 0 Å². The van der Waals surface area contributed by atoms with E-state index in [2.05, 4.69) is 22.5 Å². The van der Waals surface area contributed by atoms with E-state index in [1.165, 1.54) is 0 Å². The molecule has 0 saturated heterocycles. The van der Waals surface area contributed by atoms with Crippen molar-refractivity contribution in [3.05, 3.63) is 64.7 Å². The summed E-state index contributed by atoms with van der Waals surface area (Å²) in [6.07, 6.45) is -9.85. The molecule has 30 heavy (non-hydrogen) atoms. The summed E-state index contributed by atoms with van der Waals surface area (Å²) in [6.45, 7) is 5.10. The van der Waals surface area contributed by atoms with Crippen LogP contribution in [0.15, 0.2) is 42.5 Å². The fourth-order valence-electron chi connectivity index (χ4n) is 2.46. The number of hydrogen-bond acceptors (Lipinski definition) is 1. The Bertz CT molecular complexity index is 965. The topological polar surface area (TPSA) is 24.1 Å². The van der Waals surface area contributed by atoms with Gasteiger partial charge < -0.3 is 10.6 Å². The van der Waals surface area contributed by atoms with Gasteiger partial charge in [-0.3, -0.25) is 0 Å². The third kappa shape index (κ3) is 6.95. The molecule has 2 nitrogen and oxygen atoms in total. The van der Waals surface area contributed by atoms with E-state index < -0.39 is 34.6 Å². The Kier molecular flexibility index (Phi) is 6.72. The molecule has 2 aromatic carbocycles. The summed E-state index contributed by atoms with van der Waals surface area (Å²) in [7, 11) is 0. The standard InChI is InChI=1S/C21H18F6N2S/c1-13-5-4-6-17(9-13)28-18(30)29-19(2,3)8-7-14-10-15(20(22,23)24)12-16(11-14)21(25,26)27/h4-6,9-12H,1-3H3,(H2,28,29,30). The van der Waals surface area contributed by atoms with Crippen molar-refractivity contribution >= 4 is 23.0 Å². The van der Waals surface area contributed by atoms with Crippen LogP contribution < -0.4 is 10.6 Å². The largest absolute Gasteiger partial charge is 0.416 e. The first kappa shape index (κ1) is 23.5. The van der Waals surface area contributed by atoms with E-state index in [4.69, 9.17) is 12.2 Å². The second kappa shape index (κ2) is 8.56. The smallest absolute Gasteiger partial charge is 0.347 e. The molecule has 0 bridgehead atoms. The zero-order valence-corrected chi connectivity index (χ0v) is 17.0. The quantitative estimate of drug-likeness (QED) is 0.330. The lowest BCUT2D eigenvalue weighted by Crippen LogP contribution is -2.44. The van der Waals surface area contributed by atoms with E-state index in [1.807, 2.05) is 25.1 Å². The van der Waals surface area contributed by atoms with E-state index >= 15 is 0 Å². The predicted molar refractivity (Wildman–Crippen MR) is 108 cm³/mol. The Balaban J connectivity index is 2.25. The van der Waals surface area contributed by atoms with Crippen molar-refractivity contribution in [2.24, 2.45) is 0 Å². The molecule has 0 saturated carbocycles. The summed E-state index contributed by atoms with van der Waals surface area (Å²) in [5.74, 6) is 5.03. The molecule has 0 aliphatic heterocycles. The second-order valence-corrected chi connectivity index (χ2v) is 7.53. The van der Waals surface area contributed by atoms with Crippen LogP contribution in [0.2, 0.25) is 0 Å². The van der Waals surface area contributed by atoms with Gasteiger partial charge in [0.2, 0.25) is 0 Å². The van der Waals surface area contributed by atoms with E-state index in [-0.39, 0.29) is 11.2 Å². The van der Waals surface area contributed by atoms with Crippen molar-refractivity contribution in [3.63, 3.8) is 0 Å². The van der Waals surface area contributed by atoms with Gasteiger partial charge in [0.25, 0.3) is 0 Å². The van der Waals surface area contributed by atoms with Crippen LogP contribution in [-0.2, 0) is 12.4 Å². The minimum atomic E-state index is -4.93. The third-order valence-corrected chi connectivity index (χ3v) is 4.01. The van der Waals surface area contributed by atoms with Crippen molar-refractivity contribution in [3.8, 4) is 11.8 Å². The fraction of sp³-hybridized carbons (Fsp3) is 0.286. The Morgan fingerprint density at radius 2 is 1.47 bits per heavy atom. The van der Waals surface area contributed by atoms with Gasteiger partial charge in [-0.15, -0.1) is 0 Å². The zero-order chi connectivity index (χ0) is 22.7. The average molecular weight is 444 g/mol. The van der Waals surface area contributed by atoms with Crippen LogP contribution >= 0.6 is 12.2 Å². The highest BCUT2D eigenvalue weighted by Crippen LogP contribution is 2.36. The molecule has 0 unspecified atom stereocenters. The van der Waals surface area contributed by atoms with Crippen molar-refractivity contribution in [2.75, 3.05) is 5.32 Å². The molecule has 0 heterocycles. The van der Waals surface area contributed by atoms with Crippen LogP contribution in [0.4, 0.5) is 32.0 Å². The van der Waals surface area contributed by atoms with E-state index in [0.717, 1.165) is 11.3 Å². The third-order valence-electron chi connectivity index (χ3n) is 3.81. The molecule has 0 spiro atoms. The number of hydrogen-bond donors (Lipinski definition) is 2. The monoisotopic (exact) mass is 444 g/mol. The number of alkyl halides is 6. The first-order valence-electron chi connectivity index (χ1n) is 8.64. The maximum Gasteiger partial charge on any atom is 0.416 e. The first-order chi connectivity index (χ1) is 13.7. The van der Waals surface area contributed by atoms with Crippen molar-refractivity contribution in [1.82, 2.24) is 5.32 Å². The maximum absolute atomic E-state index is 13.0. The fourth-order valence-corrected chi connectivity index (χ4v) is 2.83. The molecule has 0 fully saturated rings. The average Bonchev–Trinajstić information content (AvgIpc) is 2.58. The number of nitrogens with one attached hydrogen (secondary N) is 2. The van der Waals surface area contributed by atoms with Crippen molar-refractivity contribution < 1.29 is 26.3 Å². The predicted octanol–water partition coefficient (Wildman–Crippen LogP) is 6.15. The van der Waals surface area contributed by atoms with Crippen molar-refractivity contribution in [1.29, 1.82) is 0 Å². The summed E-state index contributed by atoms with van der Waals surface area (Å²) >= 11 is 5.21. The highest BCUT2D eigenvalue weighted by molar-refractivity contribution is 7.80. The number of halogens is 6. The van der Waals surface area contributed by atoms with Gasteiger partial charge >= 0.3 is 12.4 Å². The van der Waals surface area contributed by atoms with Crippen LogP contribution in [0.25, 0.3) is 0 Å². The number of aryl methyl sites for hydroxylation is 1. The Morgan fingerprint density at radius 1 is 0.900 bits per heavy atom. The molecular formula is C21H18F6N2S. The lowest BCUT2D eigenvalue weighted by atomic mass is 10.0. The van der Waals surface area contributed by atoms with Crippen LogP contribution in [0.1, 0.15) is 36.1 Å². The summed E-state index contributed by atoms with van der Waals surface area (Å²) in [6, 6.07) is 8.62.